The molecule has 1 fully saturated rings. The lowest BCUT2D eigenvalue weighted by Gasteiger charge is -2.05. The Balaban J connectivity index is 1.63. The summed E-state index contributed by atoms with van der Waals surface area (Å²) in [6.45, 7) is 4.77. The van der Waals surface area contributed by atoms with Gasteiger partial charge in [-0.25, -0.2) is 0 Å². The summed E-state index contributed by atoms with van der Waals surface area (Å²) in [6.07, 6.45) is 6.39. The molecule has 0 heterocycles. The summed E-state index contributed by atoms with van der Waals surface area (Å²) in [5, 5.41) is 3.37. The van der Waals surface area contributed by atoms with Crippen LogP contribution in [0.25, 0.3) is 0 Å². The molecule has 14 heavy (non-hydrogen) atoms. The first-order chi connectivity index (χ1) is 6.93. The maximum Gasteiger partial charge on any atom is 0.0591 e. The van der Waals surface area contributed by atoms with Gasteiger partial charge in [0.2, 0.25) is 0 Å². The monoisotopic (exact) mass is 200 g/mol. The zero-order valence-electron chi connectivity index (χ0n) is 9.13. The van der Waals surface area contributed by atoms with Crippen LogP contribution in [-0.2, 0) is 4.74 Å². The second-order valence-electron chi connectivity index (χ2n) is 4.12. The third-order valence-electron chi connectivity index (χ3n) is 2.53. The lowest BCUT2D eigenvalue weighted by Crippen LogP contribution is -2.21. The zero-order valence-corrected chi connectivity index (χ0v) is 9.13. The van der Waals surface area contributed by atoms with Gasteiger partial charge in [-0.15, -0.1) is 0 Å². The fraction of sp³-hybridized carbons (Fsp3) is 1.00. The molecule has 0 saturated heterocycles. The van der Waals surface area contributed by atoms with Crippen LogP contribution in [0.2, 0.25) is 0 Å². The van der Waals surface area contributed by atoms with Crippen molar-refractivity contribution in [2.75, 3.05) is 32.8 Å². The van der Waals surface area contributed by atoms with E-state index in [1.54, 1.807) is 0 Å². The molecule has 1 aliphatic carbocycles. The first-order valence-electron chi connectivity index (χ1n) is 5.92. The number of hydrogen-bond donors (Lipinski definition) is 2. The molecule has 84 valence electrons. The van der Waals surface area contributed by atoms with Crippen LogP contribution in [0.3, 0.4) is 0 Å². The molecule has 0 aromatic rings. The van der Waals surface area contributed by atoms with Gasteiger partial charge in [-0.05, 0) is 44.7 Å². The zero-order chi connectivity index (χ0) is 10.1. The molecule has 0 aromatic heterocycles. The van der Waals surface area contributed by atoms with Crippen molar-refractivity contribution in [2.45, 2.75) is 32.1 Å². The first kappa shape index (κ1) is 12.0. The molecular formula is C11H24N2O. The molecule has 0 unspecified atom stereocenters. The largest absolute Gasteiger partial charge is 0.380 e. The van der Waals surface area contributed by atoms with Crippen molar-refractivity contribution in [3.8, 4) is 0 Å². The first-order valence-corrected chi connectivity index (χ1v) is 5.92. The highest BCUT2D eigenvalue weighted by Gasteiger charge is 2.20. The van der Waals surface area contributed by atoms with Gasteiger partial charge >= 0.3 is 0 Å². The van der Waals surface area contributed by atoms with E-state index in [1.165, 1.54) is 25.7 Å². The van der Waals surface area contributed by atoms with E-state index in [9.17, 15) is 0 Å². The highest BCUT2D eigenvalue weighted by Crippen LogP contribution is 2.28. The molecule has 0 aromatic carbocycles. The Morgan fingerprint density at radius 1 is 1.14 bits per heavy atom. The molecule has 0 spiro atoms. The number of nitrogens with one attached hydrogen (secondary N) is 1. The second-order valence-corrected chi connectivity index (χ2v) is 4.12. The summed E-state index contributed by atoms with van der Waals surface area (Å²) in [5.41, 5.74) is 5.40. The van der Waals surface area contributed by atoms with Crippen LogP contribution in [0.1, 0.15) is 32.1 Å². The van der Waals surface area contributed by atoms with Crippen LogP contribution in [-0.4, -0.2) is 32.8 Å². The van der Waals surface area contributed by atoms with Gasteiger partial charge in [-0.1, -0.05) is 6.42 Å². The number of unbranched alkanes of at least 4 members (excludes halogenated alkanes) is 2. The summed E-state index contributed by atoms with van der Waals surface area (Å²) < 4.78 is 5.50. The van der Waals surface area contributed by atoms with E-state index in [0.29, 0.717) is 0 Å². The van der Waals surface area contributed by atoms with Crippen LogP contribution in [0.15, 0.2) is 0 Å². The molecule has 1 saturated carbocycles. The maximum absolute atomic E-state index is 5.50. The van der Waals surface area contributed by atoms with E-state index in [4.69, 9.17) is 10.5 Å². The lowest BCUT2D eigenvalue weighted by atomic mass is 10.2. The summed E-state index contributed by atoms with van der Waals surface area (Å²) in [5.74, 6) is 0.888. The van der Waals surface area contributed by atoms with Gasteiger partial charge < -0.3 is 15.8 Å². The minimum absolute atomic E-state index is 0.824. The van der Waals surface area contributed by atoms with Gasteiger partial charge in [0.25, 0.3) is 0 Å². The highest BCUT2D eigenvalue weighted by molar-refractivity contribution is 4.71. The van der Waals surface area contributed by atoms with E-state index in [1.807, 2.05) is 0 Å². The van der Waals surface area contributed by atoms with E-state index in [0.717, 1.165) is 45.2 Å². The molecule has 0 aliphatic heterocycles. The quantitative estimate of drug-likeness (QED) is 0.520. The highest BCUT2D eigenvalue weighted by atomic mass is 16.5. The third-order valence-corrected chi connectivity index (χ3v) is 2.53. The van der Waals surface area contributed by atoms with Gasteiger partial charge in [-0.2, -0.15) is 0 Å². The van der Waals surface area contributed by atoms with E-state index in [-0.39, 0.29) is 0 Å². The third kappa shape index (κ3) is 7.30. The molecule has 1 aliphatic rings. The number of hydrogen-bond acceptors (Lipinski definition) is 3. The summed E-state index contributed by atoms with van der Waals surface area (Å²) in [7, 11) is 0. The molecular weight excluding hydrogens is 176 g/mol. The summed E-state index contributed by atoms with van der Waals surface area (Å²) in [4.78, 5) is 0. The van der Waals surface area contributed by atoms with Crippen molar-refractivity contribution >= 4 is 0 Å². The van der Waals surface area contributed by atoms with Crippen molar-refractivity contribution in [1.29, 1.82) is 0 Å². The van der Waals surface area contributed by atoms with Gasteiger partial charge in [0.05, 0.1) is 6.61 Å². The average Bonchev–Trinajstić information content (AvgIpc) is 2.99. The average molecular weight is 200 g/mol. The van der Waals surface area contributed by atoms with Crippen molar-refractivity contribution < 1.29 is 4.74 Å². The van der Waals surface area contributed by atoms with Gasteiger partial charge in [-0.3, -0.25) is 0 Å². The Hall–Kier alpha value is -0.120. The number of rotatable bonds is 10. The Labute approximate surface area is 87.4 Å². The summed E-state index contributed by atoms with van der Waals surface area (Å²) >= 11 is 0. The van der Waals surface area contributed by atoms with Crippen molar-refractivity contribution in [3.05, 3.63) is 0 Å². The minimum atomic E-state index is 0.824. The van der Waals surface area contributed by atoms with Crippen LogP contribution in [0.5, 0.6) is 0 Å². The SMILES string of the molecule is NCCCCCNCCOCC1CC1. The topological polar surface area (TPSA) is 47.3 Å². The molecule has 1 rings (SSSR count). The number of nitrogens with two attached hydrogens (primary N) is 1. The van der Waals surface area contributed by atoms with Crippen LogP contribution < -0.4 is 11.1 Å². The Morgan fingerprint density at radius 2 is 2.00 bits per heavy atom. The molecule has 0 amide bonds. The van der Waals surface area contributed by atoms with Gasteiger partial charge in [0, 0.05) is 13.2 Å². The molecule has 0 bridgehead atoms. The second kappa shape index (κ2) is 8.21. The van der Waals surface area contributed by atoms with E-state index in [2.05, 4.69) is 5.32 Å². The molecule has 3 N–H and O–H groups in total. The van der Waals surface area contributed by atoms with Crippen LogP contribution >= 0.6 is 0 Å². The fourth-order valence-electron chi connectivity index (χ4n) is 1.37. The van der Waals surface area contributed by atoms with E-state index >= 15 is 0 Å². The van der Waals surface area contributed by atoms with Gasteiger partial charge in [0.1, 0.15) is 0 Å². The minimum Gasteiger partial charge on any atom is -0.380 e. The Bertz CT molecular complexity index is 126. The molecule has 0 radical (unpaired) electrons. The fourth-order valence-corrected chi connectivity index (χ4v) is 1.37. The van der Waals surface area contributed by atoms with Crippen molar-refractivity contribution in [2.24, 2.45) is 11.7 Å². The Morgan fingerprint density at radius 3 is 2.71 bits per heavy atom. The Kier molecular flexibility index (Phi) is 7.01. The lowest BCUT2D eigenvalue weighted by molar-refractivity contribution is 0.126. The standard InChI is InChI=1S/C11H24N2O/c12-6-2-1-3-7-13-8-9-14-10-11-4-5-11/h11,13H,1-10,12H2. The molecule has 3 heteroatoms. The summed E-state index contributed by atoms with van der Waals surface area (Å²) in [6, 6.07) is 0. The predicted octanol–water partition coefficient (Wildman–Crippen LogP) is 1.13. The van der Waals surface area contributed by atoms with Crippen LogP contribution in [0.4, 0.5) is 0 Å². The molecule has 3 nitrogen and oxygen atoms in total. The van der Waals surface area contributed by atoms with Crippen LogP contribution in [0, 0.1) is 5.92 Å². The normalized spacial score (nSPS) is 16.1. The number of ether oxygens (including phenoxy) is 1. The maximum atomic E-state index is 5.50. The van der Waals surface area contributed by atoms with E-state index < -0.39 is 0 Å². The van der Waals surface area contributed by atoms with Crippen molar-refractivity contribution in [1.82, 2.24) is 5.32 Å². The predicted molar refractivity (Wildman–Crippen MR) is 59.3 cm³/mol. The van der Waals surface area contributed by atoms with Crippen molar-refractivity contribution in [3.63, 3.8) is 0 Å². The van der Waals surface area contributed by atoms with Gasteiger partial charge in [0.15, 0.2) is 0 Å². The molecule has 0 atom stereocenters. The smallest absolute Gasteiger partial charge is 0.0591 e.